The molecule has 3 aliphatic heterocycles. The summed E-state index contributed by atoms with van der Waals surface area (Å²) in [6.45, 7) is 12.4. The molecule has 5 fully saturated rings. The van der Waals surface area contributed by atoms with Crippen LogP contribution in [0, 0.1) is 20.8 Å². The Balaban J connectivity index is 0.000000125. The first-order chi connectivity index (χ1) is 49.6. The van der Waals surface area contributed by atoms with Gasteiger partial charge in [-0.1, -0.05) is 55.9 Å². The number of aromatic amines is 1. The molecule has 0 unspecified atom stereocenters. The van der Waals surface area contributed by atoms with Crippen molar-refractivity contribution in [1.29, 1.82) is 0 Å². The standard InChI is InChI=1S/C25H28N6O4.C23H25N7O4.C23H25N7O3S/c1-14-18-11-26-25(28-20-8-7-16-12-30(21(34)13-32)10-9-19(16)27-20)29-23(18)31(17-5-3-4-6-17)24(35)22(14)15(2)33;1-11-15-8-24-22(26-19(15)30(13-5-3-4-6-13)21(33)18(11)12(2)31)28-23-25-16-7-17(34-20(16)27-23)29-9-14(32)10-29;1-12-16-7-24-22(25-17-10-29-11-18(34-23(29)26-17)28-8-15(32)9-28)27-20(16)30(14-5-3-4-6-14)21(33)19(12)13(2)31/h7-8,11,17,32H,3-6,9-10,12-13H2,1-2H3,(H,26,27,28,29);7-8,13-14,32H,3-6,9-10H2,1-2H3,(H2,24,25,26,27,28);7,10-11,14-15,32H,3-6,8-9H2,1-2H3,(H,24,25,27). The van der Waals surface area contributed by atoms with E-state index < -0.39 is 6.61 Å². The lowest BCUT2D eigenvalue weighted by Crippen LogP contribution is -2.50. The molecule has 103 heavy (non-hydrogen) atoms. The molecule has 3 aliphatic carbocycles. The van der Waals surface area contributed by atoms with Crippen molar-refractivity contribution in [3.05, 3.63) is 125 Å². The zero-order chi connectivity index (χ0) is 71.8. The number of furan rings is 1. The molecule has 3 saturated carbocycles. The maximum absolute atomic E-state index is 13.4. The molecule has 32 heteroatoms. The lowest BCUT2D eigenvalue weighted by Gasteiger charge is -2.36. The Morgan fingerprint density at radius 2 is 1.06 bits per heavy atom. The van der Waals surface area contributed by atoms with Crippen molar-refractivity contribution >= 4 is 130 Å². The molecule has 2 saturated heterocycles. The van der Waals surface area contributed by atoms with Gasteiger partial charge in [-0.05, 0) is 108 Å². The third kappa shape index (κ3) is 12.9. The molecule has 0 atom stereocenters. The van der Waals surface area contributed by atoms with Crippen molar-refractivity contribution in [2.45, 2.75) is 162 Å². The number of β-amino-alcohol motifs (C(OH)–C–C–N with tert-alkyl or cyclic N) is 2. The SMILES string of the molecule is CC(=O)c1c(C)c2cnc(Nc3ccc4c(n3)CCN(C(=O)CO)C4)nc2n(C2CCCC2)c1=O.CC(=O)c1c(C)c2cnc(Nc3cn4cc(N5CC(O)C5)sc4n3)nc2n(C2CCCC2)c1=O.CC(=O)c1c(C)c2cnc(Nc3nc4oc(N5CC(O)C5)cc4[nH]3)nc2n(C2CCCC2)c1=O. The van der Waals surface area contributed by atoms with E-state index in [1.165, 1.54) is 20.8 Å². The Bertz CT molecular complexity index is 5140. The van der Waals surface area contributed by atoms with E-state index in [1.807, 2.05) is 33.8 Å². The van der Waals surface area contributed by atoms with Crippen molar-refractivity contribution in [3.63, 3.8) is 0 Å². The topological polar surface area (TPSA) is 390 Å². The van der Waals surface area contributed by atoms with Crippen molar-refractivity contribution in [2.24, 2.45) is 0 Å². The number of thiazole rings is 1. The van der Waals surface area contributed by atoms with Gasteiger partial charge in [-0.2, -0.15) is 19.9 Å². The first kappa shape index (κ1) is 68.1. The number of anilines is 8. The normalized spacial score (nSPS) is 16.7. The maximum atomic E-state index is 13.4. The number of aryl methyl sites for hydroxylation is 3. The number of hydrogen-bond acceptors (Lipinski definition) is 26. The van der Waals surface area contributed by atoms with Gasteiger partial charge in [0.1, 0.15) is 39.9 Å². The number of carbonyl (C=O) groups is 4. The molecule has 534 valence electrons. The average molecular weight is 1420 g/mol. The van der Waals surface area contributed by atoms with Crippen LogP contribution in [0.2, 0.25) is 0 Å². The smallest absolute Gasteiger partial charge is 0.263 e. The van der Waals surface area contributed by atoms with Crippen molar-refractivity contribution in [1.82, 2.24) is 72.8 Å². The largest absolute Gasteiger partial charge is 0.420 e. The van der Waals surface area contributed by atoms with Crippen LogP contribution in [-0.4, -0.2) is 163 Å². The number of fused-ring (bicyclic) bond motifs is 6. The number of amides is 1. The second-order valence-corrected chi connectivity index (χ2v) is 28.6. The number of aromatic nitrogens is 14. The third-order valence-corrected chi connectivity index (χ3v) is 21.7. The van der Waals surface area contributed by atoms with Gasteiger partial charge in [-0.3, -0.25) is 57.0 Å². The maximum Gasteiger partial charge on any atom is 0.263 e. The molecule has 0 spiro atoms. The van der Waals surface area contributed by atoms with Gasteiger partial charge in [0.2, 0.25) is 41.3 Å². The van der Waals surface area contributed by atoms with Crippen molar-refractivity contribution in [2.75, 3.05) is 65.1 Å². The number of Topliss-reactive ketones (excluding diaryl/α,β-unsaturated/α-hetero) is 3. The number of imidazole rings is 2. The fourth-order valence-corrected chi connectivity index (χ4v) is 16.3. The van der Waals surface area contributed by atoms with E-state index in [2.05, 4.69) is 60.7 Å². The zero-order valence-corrected chi connectivity index (χ0v) is 58.6. The molecule has 31 nitrogen and oxygen atoms in total. The Labute approximate surface area is 591 Å². The van der Waals surface area contributed by atoms with E-state index in [0.29, 0.717) is 137 Å². The summed E-state index contributed by atoms with van der Waals surface area (Å²) < 4.78 is 12.8. The van der Waals surface area contributed by atoms with Gasteiger partial charge >= 0.3 is 0 Å². The first-order valence-electron chi connectivity index (χ1n) is 35.0. The van der Waals surface area contributed by atoms with Crippen LogP contribution in [0.5, 0.6) is 0 Å². The summed E-state index contributed by atoms with van der Waals surface area (Å²) >= 11 is 1.55. The minimum atomic E-state index is -0.499. The van der Waals surface area contributed by atoms with E-state index in [9.17, 15) is 43.8 Å². The summed E-state index contributed by atoms with van der Waals surface area (Å²) in [7, 11) is 0. The first-order valence-corrected chi connectivity index (χ1v) is 35.8. The monoisotopic (exact) mass is 1420 g/mol. The van der Waals surface area contributed by atoms with Gasteiger partial charge in [0, 0.05) is 117 Å². The van der Waals surface area contributed by atoms with E-state index in [4.69, 9.17) is 19.5 Å². The van der Waals surface area contributed by atoms with Gasteiger partial charge in [0.25, 0.3) is 16.7 Å². The second-order valence-electron chi connectivity index (χ2n) is 27.6. The number of ketones is 3. The molecule has 0 radical (unpaired) electrons. The highest BCUT2D eigenvalue weighted by molar-refractivity contribution is 7.20. The van der Waals surface area contributed by atoms with E-state index in [1.54, 1.807) is 75.4 Å². The van der Waals surface area contributed by atoms with Crippen molar-refractivity contribution < 1.29 is 38.9 Å². The predicted octanol–water partition coefficient (Wildman–Crippen LogP) is 8.30. The Morgan fingerprint density at radius 3 is 1.50 bits per heavy atom. The van der Waals surface area contributed by atoms with Crippen LogP contribution in [-0.2, 0) is 17.8 Å². The lowest BCUT2D eigenvalue weighted by atomic mass is 10.0. The molecule has 17 rings (SSSR count). The number of nitrogens with zero attached hydrogens (tertiary/aromatic N) is 16. The minimum Gasteiger partial charge on any atom is -0.420 e. The number of nitrogens with one attached hydrogen (secondary N) is 4. The second kappa shape index (κ2) is 27.6. The highest BCUT2D eigenvalue weighted by Crippen LogP contribution is 2.38. The van der Waals surface area contributed by atoms with E-state index in [0.717, 1.165) is 104 Å². The highest BCUT2D eigenvalue weighted by Gasteiger charge is 2.33. The molecule has 11 aromatic rings. The van der Waals surface area contributed by atoms with E-state index >= 15 is 0 Å². The summed E-state index contributed by atoms with van der Waals surface area (Å²) in [4.78, 5) is 139. The fourth-order valence-electron chi connectivity index (χ4n) is 15.3. The van der Waals surface area contributed by atoms with Gasteiger partial charge in [0.05, 0.1) is 35.1 Å². The number of H-pyrrole nitrogens is 1. The number of carbonyl (C=O) groups excluding carboxylic acids is 4. The molecule has 7 N–H and O–H groups in total. The summed E-state index contributed by atoms with van der Waals surface area (Å²) in [6.07, 6.45) is 20.5. The summed E-state index contributed by atoms with van der Waals surface area (Å²) in [5.41, 5.74) is 6.20. The summed E-state index contributed by atoms with van der Waals surface area (Å²) in [6, 6.07) is 5.60. The fraction of sp³-hybridized carbons (Fsp3) is 0.437. The number of pyridine rings is 4. The summed E-state index contributed by atoms with van der Waals surface area (Å²) in [5.74, 6) is 2.18. The molecule has 14 heterocycles. The summed E-state index contributed by atoms with van der Waals surface area (Å²) in [5, 5.41) is 40.7. The van der Waals surface area contributed by atoms with Crippen LogP contribution in [0.4, 0.5) is 46.3 Å². The number of rotatable bonds is 15. The highest BCUT2D eigenvalue weighted by atomic mass is 32.1. The van der Waals surface area contributed by atoms with Crippen LogP contribution < -0.4 is 42.4 Å². The Hall–Kier alpha value is -10.7. The minimum absolute atomic E-state index is 0.0119. The predicted molar refractivity (Wildman–Crippen MR) is 386 cm³/mol. The Morgan fingerprint density at radius 1 is 0.592 bits per heavy atom. The van der Waals surface area contributed by atoms with Crippen LogP contribution in [0.15, 0.2) is 68.0 Å². The van der Waals surface area contributed by atoms with Gasteiger partial charge in [0.15, 0.2) is 28.1 Å². The number of aliphatic hydroxyl groups is 3. The number of hydrogen-bond donors (Lipinski definition) is 7. The lowest BCUT2D eigenvalue weighted by molar-refractivity contribution is -0.135. The van der Waals surface area contributed by atoms with E-state index in [-0.39, 0.29) is 92.9 Å². The molecule has 0 bridgehead atoms. The van der Waals surface area contributed by atoms with Crippen LogP contribution in [0.1, 0.15) is 175 Å². The zero-order valence-electron chi connectivity index (χ0n) is 57.8. The van der Waals surface area contributed by atoms with Crippen molar-refractivity contribution in [3.8, 4) is 0 Å². The number of aliphatic hydroxyl groups excluding tert-OH is 3. The molecule has 1 amide bonds. The van der Waals surface area contributed by atoms with Gasteiger partial charge in [-0.25, -0.2) is 24.9 Å². The Kier molecular flexibility index (Phi) is 18.2. The molecular formula is C71H78N20O11S. The van der Waals surface area contributed by atoms with Crippen LogP contribution in [0.3, 0.4) is 0 Å². The molecule has 0 aromatic carbocycles. The van der Waals surface area contributed by atoms with Gasteiger partial charge in [-0.15, -0.1) is 0 Å². The van der Waals surface area contributed by atoms with Crippen LogP contribution >= 0.6 is 11.3 Å². The average Bonchev–Trinajstić information content (AvgIpc) is 0.953. The molecule has 6 aliphatic rings. The van der Waals surface area contributed by atoms with Gasteiger partial charge < -0.3 is 50.1 Å². The third-order valence-electron chi connectivity index (χ3n) is 20.7. The molecular weight excluding hydrogens is 1340 g/mol. The van der Waals surface area contributed by atoms with Crippen LogP contribution in [0.25, 0.3) is 49.3 Å². The molecule has 11 aromatic heterocycles. The quantitative estimate of drug-likeness (QED) is 0.0474.